The standard InChI is InChI=1S/C16H20ClNO2/c1-16(2,15(19)20)9-5-6-10-18-11-13(17)12-7-3-4-8-14(12)18/h3-4,7-8,11H,5-6,9-10H2,1-2H3,(H,19,20). The van der Waals surface area contributed by atoms with Crippen molar-refractivity contribution in [1.82, 2.24) is 4.57 Å². The molecule has 0 unspecified atom stereocenters. The van der Waals surface area contributed by atoms with Gasteiger partial charge in [-0.3, -0.25) is 4.79 Å². The van der Waals surface area contributed by atoms with Gasteiger partial charge in [0.15, 0.2) is 0 Å². The fourth-order valence-corrected chi connectivity index (χ4v) is 2.62. The summed E-state index contributed by atoms with van der Waals surface area (Å²) in [5.41, 5.74) is 0.492. The highest BCUT2D eigenvalue weighted by Crippen LogP contribution is 2.27. The number of carbonyl (C=O) groups is 1. The van der Waals surface area contributed by atoms with Gasteiger partial charge in [0.25, 0.3) is 0 Å². The summed E-state index contributed by atoms with van der Waals surface area (Å²) in [6.07, 6.45) is 4.49. The molecule has 4 heteroatoms. The molecule has 1 aromatic carbocycles. The fourth-order valence-electron chi connectivity index (χ4n) is 2.34. The molecule has 0 amide bonds. The Bertz CT molecular complexity index is 616. The Morgan fingerprint density at radius 2 is 2.00 bits per heavy atom. The maximum atomic E-state index is 11.0. The number of para-hydroxylation sites is 1. The van der Waals surface area contributed by atoms with Crippen molar-refractivity contribution in [2.45, 2.75) is 39.7 Å². The smallest absolute Gasteiger partial charge is 0.309 e. The van der Waals surface area contributed by atoms with Crippen LogP contribution < -0.4 is 0 Å². The fraction of sp³-hybridized carbons (Fsp3) is 0.438. The van der Waals surface area contributed by atoms with E-state index in [0.29, 0.717) is 6.42 Å². The van der Waals surface area contributed by atoms with E-state index < -0.39 is 11.4 Å². The number of carboxylic acid groups (broad SMARTS) is 1. The zero-order valence-corrected chi connectivity index (χ0v) is 12.7. The number of hydrogen-bond acceptors (Lipinski definition) is 1. The molecule has 1 heterocycles. The van der Waals surface area contributed by atoms with Gasteiger partial charge in [-0.15, -0.1) is 0 Å². The molecule has 108 valence electrons. The predicted octanol–water partition coefficient (Wildman–Crippen LogP) is 4.58. The van der Waals surface area contributed by atoms with Gasteiger partial charge in [0, 0.05) is 23.6 Å². The van der Waals surface area contributed by atoms with Crippen LogP contribution in [-0.4, -0.2) is 15.6 Å². The second-order valence-corrected chi connectivity index (χ2v) is 6.24. The van der Waals surface area contributed by atoms with Crippen LogP contribution in [0.25, 0.3) is 10.9 Å². The Labute approximate surface area is 124 Å². The second kappa shape index (κ2) is 5.88. The Morgan fingerprint density at radius 1 is 1.30 bits per heavy atom. The maximum absolute atomic E-state index is 11.0. The topological polar surface area (TPSA) is 42.2 Å². The van der Waals surface area contributed by atoms with E-state index in [9.17, 15) is 4.79 Å². The van der Waals surface area contributed by atoms with Gasteiger partial charge in [0.05, 0.1) is 10.4 Å². The number of carboxylic acids is 1. The average Bonchev–Trinajstić information content (AvgIpc) is 2.72. The third-order valence-corrected chi connectivity index (χ3v) is 4.07. The number of rotatable bonds is 6. The lowest BCUT2D eigenvalue weighted by molar-refractivity contribution is -0.147. The minimum Gasteiger partial charge on any atom is -0.481 e. The molecule has 3 nitrogen and oxygen atoms in total. The first-order valence-electron chi connectivity index (χ1n) is 6.88. The Balaban J connectivity index is 1.96. The van der Waals surface area contributed by atoms with Gasteiger partial charge >= 0.3 is 5.97 Å². The summed E-state index contributed by atoms with van der Waals surface area (Å²) in [7, 11) is 0. The predicted molar refractivity (Wildman–Crippen MR) is 82.2 cm³/mol. The number of benzene rings is 1. The van der Waals surface area contributed by atoms with Crippen LogP contribution in [0.4, 0.5) is 0 Å². The van der Waals surface area contributed by atoms with Crippen molar-refractivity contribution in [1.29, 1.82) is 0 Å². The number of halogens is 1. The van der Waals surface area contributed by atoms with Crippen molar-refractivity contribution in [2.75, 3.05) is 0 Å². The van der Waals surface area contributed by atoms with Crippen LogP contribution in [0, 0.1) is 5.41 Å². The van der Waals surface area contributed by atoms with Crippen LogP contribution in [-0.2, 0) is 11.3 Å². The number of unbranched alkanes of at least 4 members (excludes halogenated alkanes) is 1. The lowest BCUT2D eigenvalue weighted by atomic mass is 9.87. The molecule has 20 heavy (non-hydrogen) atoms. The maximum Gasteiger partial charge on any atom is 0.309 e. The van der Waals surface area contributed by atoms with Crippen LogP contribution in [0.15, 0.2) is 30.5 Å². The van der Waals surface area contributed by atoms with Crippen molar-refractivity contribution in [3.63, 3.8) is 0 Å². The van der Waals surface area contributed by atoms with E-state index in [1.165, 1.54) is 0 Å². The first-order valence-corrected chi connectivity index (χ1v) is 7.26. The largest absolute Gasteiger partial charge is 0.481 e. The Hall–Kier alpha value is -1.48. The average molecular weight is 294 g/mol. The molecule has 0 spiro atoms. The molecule has 0 aliphatic rings. The lowest BCUT2D eigenvalue weighted by Gasteiger charge is -2.18. The summed E-state index contributed by atoms with van der Waals surface area (Å²) in [5.74, 6) is -0.730. The molecule has 0 saturated heterocycles. The van der Waals surface area contributed by atoms with Crippen molar-refractivity contribution in [3.8, 4) is 0 Å². The summed E-state index contributed by atoms with van der Waals surface area (Å²) in [6.45, 7) is 4.41. The molecule has 0 aliphatic carbocycles. The number of nitrogens with zero attached hydrogens (tertiary/aromatic N) is 1. The monoisotopic (exact) mass is 293 g/mol. The molecular weight excluding hydrogens is 274 g/mol. The van der Waals surface area contributed by atoms with Gasteiger partial charge in [0.1, 0.15) is 0 Å². The number of aliphatic carboxylic acids is 1. The van der Waals surface area contributed by atoms with Gasteiger partial charge in [0.2, 0.25) is 0 Å². The highest BCUT2D eigenvalue weighted by Gasteiger charge is 2.25. The SMILES string of the molecule is CC(C)(CCCCn1cc(Cl)c2ccccc21)C(=O)O. The Kier molecular flexibility index (Phi) is 4.39. The van der Waals surface area contributed by atoms with Gasteiger partial charge in [-0.05, 0) is 32.8 Å². The minimum absolute atomic E-state index is 0.642. The van der Waals surface area contributed by atoms with Crippen molar-refractivity contribution >= 4 is 28.5 Å². The van der Waals surface area contributed by atoms with E-state index in [4.69, 9.17) is 16.7 Å². The molecule has 0 atom stereocenters. The molecule has 0 saturated carbocycles. The Morgan fingerprint density at radius 3 is 2.70 bits per heavy atom. The van der Waals surface area contributed by atoms with E-state index >= 15 is 0 Å². The first kappa shape index (κ1) is 14.9. The van der Waals surface area contributed by atoms with Crippen LogP contribution >= 0.6 is 11.6 Å². The van der Waals surface area contributed by atoms with Gasteiger partial charge in [-0.1, -0.05) is 36.2 Å². The van der Waals surface area contributed by atoms with E-state index in [0.717, 1.165) is 35.3 Å². The third-order valence-electron chi connectivity index (χ3n) is 3.77. The van der Waals surface area contributed by atoms with E-state index in [-0.39, 0.29) is 0 Å². The van der Waals surface area contributed by atoms with Crippen molar-refractivity contribution in [3.05, 3.63) is 35.5 Å². The quantitative estimate of drug-likeness (QED) is 0.792. The third kappa shape index (κ3) is 3.15. The molecule has 0 fully saturated rings. The number of fused-ring (bicyclic) bond motifs is 1. The number of aryl methyl sites for hydroxylation is 1. The van der Waals surface area contributed by atoms with Crippen molar-refractivity contribution in [2.24, 2.45) is 5.41 Å². The van der Waals surface area contributed by atoms with Gasteiger partial charge in [-0.25, -0.2) is 0 Å². The molecule has 1 N–H and O–H groups in total. The molecule has 2 rings (SSSR count). The number of hydrogen-bond donors (Lipinski definition) is 1. The van der Waals surface area contributed by atoms with Gasteiger partial charge < -0.3 is 9.67 Å². The van der Waals surface area contributed by atoms with E-state index in [1.54, 1.807) is 13.8 Å². The van der Waals surface area contributed by atoms with Crippen LogP contribution in [0.1, 0.15) is 33.1 Å². The summed E-state index contributed by atoms with van der Waals surface area (Å²) in [5, 5.41) is 10.9. The molecule has 0 radical (unpaired) electrons. The summed E-state index contributed by atoms with van der Waals surface area (Å²) in [4.78, 5) is 11.0. The molecule has 0 bridgehead atoms. The van der Waals surface area contributed by atoms with Crippen LogP contribution in [0.3, 0.4) is 0 Å². The van der Waals surface area contributed by atoms with Crippen LogP contribution in [0.2, 0.25) is 5.02 Å². The lowest BCUT2D eigenvalue weighted by Crippen LogP contribution is -2.23. The first-order chi connectivity index (χ1) is 9.42. The molecular formula is C16H20ClNO2. The normalized spacial score (nSPS) is 11.9. The zero-order chi connectivity index (χ0) is 14.8. The van der Waals surface area contributed by atoms with Crippen LogP contribution in [0.5, 0.6) is 0 Å². The highest BCUT2D eigenvalue weighted by atomic mass is 35.5. The van der Waals surface area contributed by atoms with Gasteiger partial charge in [-0.2, -0.15) is 0 Å². The molecule has 1 aromatic heterocycles. The summed E-state index contributed by atoms with van der Waals surface area (Å²) in [6, 6.07) is 8.06. The highest BCUT2D eigenvalue weighted by molar-refractivity contribution is 6.35. The summed E-state index contributed by atoms with van der Waals surface area (Å²) >= 11 is 6.21. The minimum atomic E-state index is -0.730. The molecule has 0 aliphatic heterocycles. The molecule has 2 aromatic rings. The number of aromatic nitrogens is 1. The second-order valence-electron chi connectivity index (χ2n) is 5.83. The zero-order valence-electron chi connectivity index (χ0n) is 11.9. The summed E-state index contributed by atoms with van der Waals surface area (Å²) < 4.78 is 2.14. The van der Waals surface area contributed by atoms with E-state index in [2.05, 4.69) is 10.6 Å². The van der Waals surface area contributed by atoms with Crippen molar-refractivity contribution < 1.29 is 9.90 Å². The van der Waals surface area contributed by atoms with E-state index in [1.807, 2.05) is 24.4 Å².